The molecule has 7 heteroatoms. The molecule has 1 aromatic carbocycles. The Morgan fingerprint density at radius 1 is 1.26 bits per heavy atom. The van der Waals surface area contributed by atoms with Gasteiger partial charge in [0.2, 0.25) is 0 Å². The lowest BCUT2D eigenvalue weighted by molar-refractivity contribution is 0.206. The Labute approximate surface area is 138 Å². The van der Waals surface area contributed by atoms with E-state index in [9.17, 15) is 4.79 Å². The molecule has 0 radical (unpaired) electrons. The zero-order valence-corrected chi connectivity index (χ0v) is 13.5. The Balaban J connectivity index is 1.56. The third-order valence-corrected chi connectivity index (χ3v) is 4.14. The molecule has 0 aliphatic heterocycles. The normalized spacial score (nSPS) is 10.5. The van der Waals surface area contributed by atoms with E-state index in [1.165, 1.54) is 0 Å². The first-order valence-electron chi connectivity index (χ1n) is 7.20. The molecule has 2 aromatic heterocycles. The highest BCUT2D eigenvalue weighted by atomic mass is 32.1. The number of para-hydroxylation sites is 1. The maximum atomic E-state index is 12.1. The number of hydrogen-bond donors (Lipinski definition) is 1. The predicted octanol–water partition coefficient (Wildman–Crippen LogP) is 2.67. The molecule has 2 amide bonds. The van der Waals surface area contributed by atoms with Crippen molar-refractivity contribution in [2.75, 3.05) is 7.05 Å². The van der Waals surface area contributed by atoms with Gasteiger partial charge in [0.05, 0.1) is 25.0 Å². The van der Waals surface area contributed by atoms with Crippen molar-refractivity contribution >= 4 is 17.4 Å². The molecule has 0 saturated heterocycles. The van der Waals surface area contributed by atoms with Gasteiger partial charge in [0, 0.05) is 11.9 Å². The fourth-order valence-corrected chi connectivity index (χ4v) is 2.72. The van der Waals surface area contributed by atoms with Gasteiger partial charge >= 0.3 is 6.03 Å². The van der Waals surface area contributed by atoms with E-state index in [4.69, 9.17) is 0 Å². The van der Waals surface area contributed by atoms with Crippen molar-refractivity contribution in [2.45, 2.75) is 13.1 Å². The van der Waals surface area contributed by atoms with Gasteiger partial charge in [-0.05, 0) is 23.6 Å². The van der Waals surface area contributed by atoms with Crippen LogP contribution >= 0.6 is 11.3 Å². The molecule has 23 heavy (non-hydrogen) atoms. The van der Waals surface area contributed by atoms with Gasteiger partial charge in [0.25, 0.3) is 0 Å². The number of nitrogens with zero attached hydrogens (tertiary/aromatic N) is 4. The molecule has 0 unspecified atom stereocenters. The number of amides is 2. The molecular formula is C16H17N5OS. The third kappa shape index (κ3) is 3.95. The van der Waals surface area contributed by atoms with Crippen LogP contribution in [0.4, 0.5) is 4.79 Å². The molecule has 0 fully saturated rings. The van der Waals surface area contributed by atoms with Crippen molar-refractivity contribution < 1.29 is 4.79 Å². The second-order valence-electron chi connectivity index (χ2n) is 5.06. The van der Waals surface area contributed by atoms with Crippen LogP contribution in [0.5, 0.6) is 0 Å². The van der Waals surface area contributed by atoms with Gasteiger partial charge in [-0.25, -0.2) is 4.79 Å². The lowest BCUT2D eigenvalue weighted by Crippen LogP contribution is -2.36. The SMILES string of the molecule is CN(Cc1cnn(-c2ccccc2)n1)C(=O)NCc1cccs1. The van der Waals surface area contributed by atoms with Crippen LogP contribution in [0.25, 0.3) is 5.69 Å². The first-order chi connectivity index (χ1) is 11.2. The monoisotopic (exact) mass is 327 g/mol. The maximum Gasteiger partial charge on any atom is 0.317 e. The Hall–Kier alpha value is -2.67. The first kappa shape index (κ1) is 15.2. The van der Waals surface area contributed by atoms with Gasteiger partial charge in [-0.2, -0.15) is 15.0 Å². The van der Waals surface area contributed by atoms with Crippen LogP contribution in [-0.4, -0.2) is 33.0 Å². The summed E-state index contributed by atoms with van der Waals surface area (Å²) < 4.78 is 0. The summed E-state index contributed by atoms with van der Waals surface area (Å²) in [6.45, 7) is 0.945. The van der Waals surface area contributed by atoms with Gasteiger partial charge < -0.3 is 10.2 Å². The molecule has 6 nitrogen and oxygen atoms in total. The molecule has 2 heterocycles. The number of carbonyl (C=O) groups excluding carboxylic acids is 1. The van der Waals surface area contributed by atoms with Gasteiger partial charge in [-0.3, -0.25) is 0 Å². The predicted molar refractivity (Wildman–Crippen MR) is 89.4 cm³/mol. The zero-order chi connectivity index (χ0) is 16.1. The quantitative estimate of drug-likeness (QED) is 0.783. The van der Waals surface area contributed by atoms with Crippen molar-refractivity contribution in [3.05, 3.63) is 64.6 Å². The van der Waals surface area contributed by atoms with Crippen LogP contribution in [0.3, 0.4) is 0 Å². The van der Waals surface area contributed by atoms with E-state index in [-0.39, 0.29) is 6.03 Å². The molecule has 118 valence electrons. The third-order valence-electron chi connectivity index (χ3n) is 3.27. The number of urea groups is 1. The van der Waals surface area contributed by atoms with Crippen molar-refractivity contribution in [1.29, 1.82) is 0 Å². The summed E-state index contributed by atoms with van der Waals surface area (Å²) in [5, 5.41) is 13.5. The van der Waals surface area contributed by atoms with E-state index >= 15 is 0 Å². The van der Waals surface area contributed by atoms with Crippen molar-refractivity contribution in [3.63, 3.8) is 0 Å². The number of thiophene rings is 1. The number of nitrogens with one attached hydrogen (secondary N) is 1. The standard InChI is InChI=1S/C16H17N5OS/c1-20(16(22)17-11-15-8-5-9-23-15)12-13-10-18-21(19-13)14-6-3-2-4-7-14/h2-10H,11-12H2,1H3,(H,17,22). The van der Waals surface area contributed by atoms with Crippen LogP contribution in [0, 0.1) is 0 Å². The van der Waals surface area contributed by atoms with E-state index in [0.29, 0.717) is 13.1 Å². The fourth-order valence-electron chi connectivity index (χ4n) is 2.08. The van der Waals surface area contributed by atoms with Crippen LogP contribution in [-0.2, 0) is 13.1 Å². The van der Waals surface area contributed by atoms with Crippen LogP contribution in [0.15, 0.2) is 54.0 Å². The lowest BCUT2D eigenvalue weighted by atomic mass is 10.3. The van der Waals surface area contributed by atoms with E-state index in [1.54, 1.807) is 34.3 Å². The van der Waals surface area contributed by atoms with E-state index in [2.05, 4.69) is 15.5 Å². The zero-order valence-electron chi connectivity index (χ0n) is 12.7. The maximum absolute atomic E-state index is 12.1. The van der Waals surface area contributed by atoms with E-state index < -0.39 is 0 Å². The minimum Gasteiger partial charge on any atom is -0.333 e. The summed E-state index contributed by atoms with van der Waals surface area (Å²) in [5.74, 6) is 0. The number of benzene rings is 1. The molecule has 3 rings (SSSR count). The highest BCUT2D eigenvalue weighted by molar-refractivity contribution is 7.09. The number of hydrogen-bond acceptors (Lipinski definition) is 4. The Bertz CT molecular complexity index is 754. The molecule has 0 atom stereocenters. The van der Waals surface area contributed by atoms with Gasteiger partial charge in [0.1, 0.15) is 5.69 Å². The summed E-state index contributed by atoms with van der Waals surface area (Å²) in [5.41, 5.74) is 1.63. The largest absolute Gasteiger partial charge is 0.333 e. The van der Waals surface area contributed by atoms with Crippen LogP contribution in [0.1, 0.15) is 10.6 Å². The van der Waals surface area contributed by atoms with Gasteiger partial charge in [0.15, 0.2) is 0 Å². The second kappa shape index (κ2) is 7.06. The lowest BCUT2D eigenvalue weighted by Gasteiger charge is -2.16. The smallest absolute Gasteiger partial charge is 0.317 e. The minimum atomic E-state index is -0.132. The Morgan fingerprint density at radius 2 is 2.09 bits per heavy atom. The summed E-state index contributed by atoms with van der Waals surface area (Å²) in [7, 11) is 1.74. The summed E-state index contributed by atoms with van der Waals surface area (Å²) >= 11 is 1.62. The highest BCUT2D eigenvalue weighted by Gasteiger charge is 2.11. The summed E-state index contributed by atoms with van der Waals surface area (Å²) in [6, 6.07) is 13.5. The molecule has 0 saturated carbocycles. The fraction of sp³-hybridized carbons (Fsp3) is 0.188. The average molecular weight is 327 g/mol. The minimum absolute atomic E-state index is 0.132. The van der Waals surface area contributed by atoms with Crippen molar-refractivity contribution in [2.24, 2.45) is 0 Å². The van der Waals surface area contributed by atoms with Gasteiger partial charge in [-0.15, -0.1) is 11.3 Å². The number of carbonyl (C=O) groups is 1. The van der Waals surface area contributed by atoms with E-state index in [1.807, 2.05) is 47.8 Å². The number of rotatable bonds is 5. The average Bonchev–Trinajstić information content (AvgIpc) is 3.25. The molecule has 3 aromatic rings. The Morgan fingerprint density at radius 3 is 2.83 bits per heavy atom. The summed E-state index contributed by atoms with van der Waals surface area (Å²) in [6.07, 6.45) is 1.68. The molecule has 0 spiro atoms. The second-order valence-corrected chi connectivity index (χ2v) is 6.09. The number of aromatic nitrogens is 3. The first-order valence-corrected chi connectivity index (χ1v) is 8.08. The molecule has 0 aliphatic carbocycles. The highest BCUT2D eigenvalue weighted by Crippen LogP contribution is 2.08. The molecule has 1 N–H and O–H groups in total. The molecule has 0 bridgehead atoms. The van der Waals surface area contributed by atoms with Crippen molar-refractivity contribution in [3.8, 4) is 5.69 Å². The topological polar surface area (TPSA) is 63.1 Å². The summed E-state index contributed by atoms with van der Waals surface area (Å²) in [4.78, 5) is 16.4. The molecule has 0 aliphatic rings. The van der Waals surface area contributed by atoms with Crippen LogP contribution < -0.4 is 5.32 Å². The molecular weight excluding hydrogens is 310 g/mol. The van der Waals surface area contributed by atoms with E-state index in [0.717, 1.165) is 16.3 Å². The Kier molecular flexibility index (Phi) is 4.68. The van der Waals surface area contributed by atoms with Gasteiger partial charge in [-0.1, -0.05) is 24.3 Å². The van der Waals surface area contributed by atoms with Crippen molar-refractivity contribution in [1.82, 2.24) is 25.2 Å². The van der Waals surface area contributed by atoms with Crippen LogP contribution in [0.2, 0.25) is 0 Å².